The topological polar surface area (TPSA) is 55.1 Å². The molecule has 0 amide bonds. The third-order valence-electron chi connectivity index (χ3n) is 2.70. The van der Waals surface area contributed by atoms with Crippen LogP contribution in [-0.4, -0.2) is 20.6 Å². The molecular formula is C9H12N2O2. The van der Waals surface area contributed by atoms with Crippen molar-refractivity contribution in [3.63, 3.8) is 0 Å². The fourth-order valence-electron chi connectivity index (χ4n) is 1.68. The number of carbonyl (C=O) groups is 1. The lowest BCUT2D eigenvalue weighted by Gasteiger charge is -2.11. The summed E-state index contributed by atoms with van der Waals surface area (Å²) in [6.07, 6.45) is 4.85. The van der Waals surface area contributed by atoms with Crippen LogP contribution >= 0.6 is 0 Å². The van der Waals surface area contributed by atoms with Gasteiger partial charge < -0.3 is 9.67 Å². The zero-order valence-electron chi connectivity index (χ0n) is 7.53. The van der Waals surface area contributed by atoms with E-state index in [1.165, 1.54) is 0 Å². The van der Waals surface area contributed by atoms with Crippen LogP contribution < -0.4 is 0 Å². The van der Waals surface area contributed by atoms with Crippen LogP contribution in [0.2, 0.25) is 0 Å². The fraction of sp³-hybridized carbons (Fsp3) is 0.556. The monoisotopic (exact) mass is 180 g/mol. The summed E-state index contributed by atoms with van der Waals surface area (Å²) in [5, 5.41) is 9.05. The number of rotatable bonds is 3. The van der Waals surface area contributed by atoms with Gasteiger partial charge in [0.1, 0.15) is 5.41 Å². The van der Waals surface area contributed by atoms with Crippen molar-refractivity contribution < 1.29 is 9.90 Å². The van der Waals surface area contributed by atoms with Gasteiger partial charge in [0, 0.05) is 12.7 Å². The highest BCUT2D eigenvalue weighted by Crippen LogP contribution is 2.48. The molecule has 2 rings (SSSR count). The van der Waals surface area contributed by atoms with E-state index in [1.54, 1.807) is 12.5 Å². The summed E-state index contributed by atoms with van der Waals surface area (Å²) in [6, 6.07) is 0. The molecule has 1 saturated carbocycles. The third-order valence-corrected chi connectivity index (χ3v) is 2.70. The van der Waals surface area contributed by atoms with Crippen LogP contribution in [0.1, 0.15) is 25.5 Å². The molecule has 1 N–H and O–H groups in total. The van der Waals surface area contributed by atoms with E-state index in [0.717, 1.165) is 25.1 Å². The van der Waals surface area contributed by atoms with Gasteiger partial charge in [-0.1, -0.05) is 0 Å². The highest BCUT2D eigenvalue weighted by Gasteiger charge is 2.53. The van der Waals surface area contributed by atoms with E-state index in [4.69, 9.17) is 5.11 Å². The van der Waals surface area contributed by atoms with E-state index in [1.807, 2.05) is 11.5 Å². The van der Waals surface area contributed by atoms with Crippen molar-refractivity contribution in [2.45, 2.75) is 31.7 Å². The highest BCUT2D eigenvalue weighted by molar-refractivity contribution is 5.84. The second-order valence-corrected chi connectivity index (χ2v) is 3.45. The zero-order valence-corrected chi connectivity index (χ0v) is 7.53. The summed E-state index contributed by atoms with van der Waals surface area (Å²) in [5.74, 6) is -0.720. The lowest BCUT2D eigenvalue weighted by atomic mass is 10.0. The summed E-state index contributed by atoms with van der Waals surface area (Å²) >= 11 is 0. The summed E-state index contributed by atoms with van der Waals surface area (Å²) in [4.78, 5) is 15.0. The van der Waals surface area contributed by atoms with Crippen LogP contribution in [0.25, 0.3) is 0 Å². The Kier molecular flexibility index (Phi) is 1.65. The molecule has 4 heteroatoms. The summed E-state index contributed by atoms with van der Waals surface area (Å²) in [7, 11) is 0. The first-order valence-corrected chi connectivity index (χ1v) is 4.45. The first-order valence-electron chi connectivity index (χ1n) is 4.45. The lowest BCUT2D eigenvalue weighted by Crippen LogP contribution is -2.22. The predicted molar refractivity (Wildman–Crippen MR) is 46.4 cm³/mol. The molecule has 1 aliphatic carbocycles. The van der Waals surface area contributed by atoms with E-state index in [2.05, 4.69) is 4.98 Å². The minimum absolute atomic E-state index is 0.619. The van der Waals surface area contributed by atoms with E-state index in [0.29, 0.717) is 0 Å². The van der Waals surface area contributed by atoms with Crippen molar-refractivity contribution in [1.29, 1.82) is 0 Å². The molecular weight excluding hydrogens is 168 g/mol. The first kappa shape index (κ1) is 8.29. The quantitative estimate of drug-likeness (QED) is 0.755. The minimum Gasteiger partial charge on any atom is -0.481 e. The number of hydrogen-bond acceptors (Lipinski definition) is 2. The van der Waals surface area contributed by atoms with Gasteiger partial charge in [-0.25, -0.2) is 4.98 Å². The lowest BCUT2D eigenvalue weighted by molar-refractivity contribution is -0.140. The van der Waals surface area contributed by atoms with Gasteiger partial charge in [0.25, 0.3) is 0 Å². The van der Waals surface area contributed by atoms with Gasteiger partial charge in [0.2, 0.25) is 0 Å². The molecule has 13 heavy (non-hydrogen) atoms. The van der Waals surface area contributed by atoms with Crippen LogP contribution in [0.15, 0.2) is 12.5 Å². The number of aryl methyl sites for hydroxylation is 1. The number of aromatic nitrogens is 2. The molecule has 0 atom stereocenters. The molecule has 0 saturated heterocycles. The Labute approximate surface area is 76.2 Å². The first-order chi connectivity index (χ1) is 6.20. The standard InChI is InChI=1S/C9H12N2O2/c1-2-11-6-10-5-7(11)9(3-4-9)8(12)13/h5-6H,2-4H2,1H3,(H,12,13). The van der Waals surface area contributed by atoms with Crippen molar-refractivity contribution in [3.05, 3.63) is 18.2 Å². The van der Waals surface area contributed by atoms with Crippen LogP contribution in [-0.2, 0) is 16.8 Å². The van der Waals surface area contributed by atoms with E-state index < -0.39 is 11.4 Å². The van der Waals surface area contributed by atoms with Gasteiger partial charge in [0.15, 0.2) is 0 Å². The molecule has 1 aromatic heterocycles. The number of nitrogens with zero attached hydrogens (tertiary/aromatic N) is 2. The van der Waals surface area contributed by atoms with Crippen LogP contribution in [0, 0.1) is 0 Å². The Bertz CT molecular complexity index is 339. The van der Waals surface area contributed by atoms with Crippen LogP contribution in [0.3, 0.4) is 0 Å². The van der Waals surface area contributed by atoms with Crippen molar-refractivity contribution in [1.82, 2.24) is 9.55 Å². The largest absolute Gasteiger partial charge is 0.481 e. The molecule has 0 radical (unpaired) electrons. The minimum atomic E-state index is -0.720. The fourth-order valence-corrected chi connectivity index (χ4v) is 1.68. The Hall–Kier alpha value is -1.32. The van der Waals surface area contributed by atoms with Gasteiger partial charge >= 0.3 is 5.97 Å². The van der Waals surface area contributed by atoms with Crippen molar-refractivity contribution in [3.8, 4) is 0 Å². The van der Waals surface area contributed by atoms with E-state index >= 15 is 0 Å². The molecule has 0 bridgehead atoms. The number of imidazole rings is 1. The number of carboxylic acids is 1. The van der Waals surface area contributed by atoms with Gasteiger partial charge in [-0.05, 0) is 19.8 Å². The molecule has 1 fully saturated rings. The number of carboxylic acid groups (broad SMARTS) is 1. The van der Waals surface area contributed by atoms with Crippen LogP contribution in [0.5, 0.6) is 0 Å². The molecule has 0 aliphatic heterocycles. The van der Waals surface area contributed by atoms with Gasteiger partial charge in [-0.2, -0.15) is 0 Å². The van der Waals surface area contributed by atoms with Gasteiger partial charge in [-0.3, -0.25) is 4.79 Å². The molecule has 1 aliphatic rings. The van der Waals surface area contributed by atoms with E-state index in [-0.39, 0.29) is 0 Å². The predicted octanol–water partition coefficient (Wildman–Crippen LogP) is 1.02. The SMILES string of the molecule is CCn1cncc1C1(C(=O)O)CC1. The second-order valence-electron chi connectivity index (χ2n) is 3.45. The molecule has 0 spiro atoms. The number of aliphatic carboxylic acids is 1. The molecule has 1 heterocycles. The maximum Gasteiger partial charge on any atom is 0.315 e. The zero-order chi connectivity index (χ0) is 9.47. The van der Waals surface area contributed by atoms with Gasteiger partial charge in [-0.15, -0.1) is 0 Å². The van der Waals surface area contributed by atoms with Crippen molar-refractivity contribution in [2.75, 3.05) is 0 Å². The average Bonchev–Trinajstić information content (AvgIpc) is 2.78. The van der Waals surface area contributed by atoms with Gasteiger partial charge in [0.05, 0.1) is 12.0 Å². The average molecular weight is 180 g/mol. The Morgan fingerprint density at radius 3 is 2.92 bits per heavy atom. The Morgan fingerprint density at radius 1 is 1.77 bits per heavy atom. The molecule has 0 aromatic carbocycles. The summed E-state index contributed by atoms with van der Waals surface area (Å²) in [5.41, 5.74) is 0.231. The Morgan fingerprint density at radius 2 is 2.46 bits per heavy atom. The van der Waals surface area contributed by atoms with Crippen LogP contribution in [0.4, 0.5) is 0 Å². The number of hydrogen-bond donors (Lipinski definition) is 1. The molecule has 4 nitrogen and oxygen atoms in total. The van der Waals surface area contributed by atoms with Crippen molar-refractivity contribution >= 4 is 5.97 Å². The maximum absolute atomic E-state index is 11.0. The Balaban J connectivity index is 2.40. The van der Waals surface area contributed by atoms with E-state index in [9.17, 15) is 4.79 Å². The normalized spacial score (nSPS) is 18.5. The molecule has 1 aromatic rings. The highest BCUT2D eigenvalue weighted by atomic mass is 16.4. The summed E-state index contributed by atoms with van der Waals surface area (Å²) < 4.78 is 1.90. The third kappa shape index (κ3) is 1.05. The second kappa shape index (κ2) is 2.58. The smallest absolute Gasteiger partial charge is 0.315 e. The maximum atomic E-state index is 11.0. The molecule has 0 unspecified atom stereocenters. The van der Waals surface area contributed by atoms with Crippen molar-refractivity contribution in [2.24, 2.45) is 0 Å². The molecule has 70 valence electrons. The summed E-state index contributed by atoms with van der Waals surface area (Å²) in [6.45, 7) is 2.77.